The largest absolute Gasteiger partial charge is 0.369 e. The number of benzene rings is 4. The molecule has 0 fully saturated rings. The highest BCUT2D eigenvalue weighted by Gasteiger charge is 2.29. The van der Waals surface area contributed by atoms with Gasteiger partial charge in [0.05, 0.1) is 45.9 Å². The predicted octanol–water partition coefficient (Wildman–Crippen LogP) is 8.08. The lowest BCUT2D eigenvalue weighted by atomic mass is 9.91. The molecule has 11 nitrogen and oxygen atoms in total. The molecule has 3 aromatic heterocycles. The van der Waals surface area contributed by atoms with Gasteiger partial charge in [0, 0.05) is 42.5 Å². The Bertz CT molecular complexity index is 2850. The van der Waals surface area contributed by atoms with Crippen LogP contribution in [0.15, 0.2) is 140 Å². The molecule has 0 saturated carbocycles. The summed E-state index contributed by atoms with van der Waals surface area (Å²) in [5.41, 5.74) is 12.0. The van der Waals surface area contributed by atoms with E-state index >= 15 is 0 Å². The second-order valence-electron chi connectivity index (χ2n) is 14.2. The first-order valence-electron chi connectivity index (χ1n) is 19.7. The summed E-state index contributed by atoms with van der Waals surface area (Å²) >= 11 is 0. The summed E-state index contributed by atoms with van der Waals surface area (Å²) in [7, 11) is 0. The molecule has 7 rings (SSSR count). The number of pyridine rings is 3. The molecule has 0 aliphatic heterocycles. The Morgan fingerprint density at radius 2 is 1.23 bits per heavy atom. The number of hydrogen-bond donors (Lipinski definition) is 4. The lowest BCUT2D eigenvalue weighted by molar-refractivity contribution is -0.118. The Hall–Kier alpha value is -8.29. The molecule has 3 heterocycles. The van der Waals surface area contributed by atoms with Gasteiger partial charge in [-0.3, -0.25) is 14.6 Å². The third-order valence-corrected chi connectivity index (χ3v) is 10.1. The minimum atomic E-state index is -1.13. The lowest BCUT2D eigenvalue weighted by Gasteiger charge is -2.21. The molecule has 4 aromatic carbocycles. The number of nitrogens with one attached hydrogen (secondary N) is 3. The van der Waals surface area contributed by atoms with E-state index in [9.17, 15) is 28.9 Å². The van der Waals surface area contributed by atoms with Crippen molar-refractivity contribution in [3.8, 4) is 34.7 Å². The van der Waals surface area contributed by atoms with Gasteiger partial charge in [0.25, 0.3) is 5.91 Å². The number of carbonyl (C=O) groups excluding carboxylic acids is 2. The molecule has 0 bridgehead atoms. The molecule has 13 heteroatoms. The SMILES string of the molecule is N#Cc1ccccc1-c1ccc(C(=O)NCc2cccnc2C(C(N)=O)c2ccc(-c3ccccc3C#N)nc2NCCc2cccc(F)c2)c(NCCc2cccc(F)c2)n1. The van der Waals surface area contributed by atoms with Gasteiger partial charge >= 0.3 is 0 Å². The van der Waals surface area contributed by atoms with Crippen molar-refractivity contribution in [3.05, 3.63) is 196 Å². The van der Waals surface area contributed by atoms with Crippen LogP contribution in [-0.4, -0.2) is 39.9 Å². The van der Waals surface area contributed by atoms with Gasteiger partial charge in [-0.25, -0.2) is 18.7 Å². The second kappa shape index (κ2) is 19.6. The van der Waals surface area contributed by atoms with Gasteiger partial charge in [0.1, 0.15) is 29.2 Å². The first-order valence-corrected chi connectivity index (χ1v) is 19.7. The average molecular weight is 824 g/mol. The van der Waals surface area contributed by atoms with Crippen LogP contribution in [0.5, 0.6) is 0 Å². The van der Waals surface area contributed by atoms with Crippen LogP contribution in [0, 0.1) is 34.3 Å². The zero-order valence-electron chi connectivity index (χ0n) is 33.3. The van der Waals surface area contributed by atoms with Gasteiger partial charge in [-0.05, 0) is 90.2 Å². The summed E-state index contributed by atoms with van der Waals surface area (Å²) in [5.74, 6) is -2.49. The molecule has 62 heavy (non-hydrogen) atoms. The average Bonchev–Trinajstić information content (AvgIpc) is 3.29. The van der Waals surface area contributed by atoms with Crippen LogP contribution >= 0.6 is 0 Å². The van der Waals surface area contributed by atoms with Crippen LogP contribution in [0.3, 0.4) is 0 Å². The van der Waals surface area contributed by atoms with E-state index in [1.165, 1.54) is 30.5 Å². The van der Waals surface area contributed by atoms with Crippen molar-refractivity contribution in [3.63, 3.8) is 0 Å². The molecular weight excluding hydrogens is 785 g/mol. The Balaban J connectivity index is 1.18. The highest BCUT2D eigenvalue weighted by Crippen LogP contribution is 2.34. The third-order valence-electron chi connectivity index (χ3n) is 10.1. The molecule has 306 valence electrons. The number of amides is 2. The molecule has 0 spiro atoms. The van der Waals surface area contributed by atoms with Gasteiger partial charge in [-0.1, -0.05) is 72.8 Å². The fourth-order valence-corrected chi connectivity index (χ4v) is 7.13. The van der Waals surface area contributed by atoms with Crippen molar-refractivity contribution in [2.24, 2.45) is 5.73 Å². The number of hydrogen-bond acceptors (Lipinski definition) is 9. The highest BCUT2D eigenvalue weighted by molar-refractivity contribution is 5.99. The molecule has 0 saturated heterocycles. The molecule has 1 atom stereocenters. The number of aromatic nitrogens is 3. The minimum Gasteiger partial charge on any atom is -0.369 e. The summed E-state index contributed by atoms with van der Waals surface area (Å²) in [5, 5.41) is 29.1. The summed E-state index contributed by atoms with van der Waals surface area (Å²) in [6.45, 7) is 0.578. The number of nitrogens with two attached hydrogens (primary N) is 1. The topological polar surface area (TPSA) is 182 Å². The first-order chi connectivity index (χ1) is 30.2. The third kappa shape index (κ3) is 9.93. The van der Waals surface area contributed by atoms with Crippen molar-refractivity contribution in [1.29, 1.82) is 10.5 Å². The molecule has 7 aromatic rings. The molecule has 0 aliphatic rings. The van der Waals surface area contributed by atoms with Crippen LogP contribution in [-0.2, 0) is 24.2 Å². The summed E-state index contributed by atoms with van der Waals surface area (Å²) < 4.78 is 27.9. The van der Waals surface area contributed by atoms with Gasteiger partial charge in [-0.15, -0.1) is 0 Å². The molecular formula is C49H39F2N9O2. The second-order valence-corrected chi connectivity index (χ2v) is 14.2. The summed E-state index contributed by atoms with van der Waals surface area (Å²) in [6.07, 6.45) is 2.40. The highest BCUT2D eigenvalue weighted by atomic mass is 19.1. The van der Waals surface area contributed by atoms with Crippen molar-refractivity contribution in [2.45, 2.75) is 25.3 Å². The monoisotopic (exact) mass is 823 g/mol. The zero-order valence-corrected chi connectivity index (χ0v) is 33.3. The quantitative estimate of drug-likeness (QED) is 0.0749. The maximum absolute atomic E-state index is 14.0. The molecule has 5 N–H and O–H groups in total. The molecule has 0 aliphatic carbocycles. The fourth-order valence-electron chi connectivity index (χ4n) is 7.13. The van der Waals surface area contributed by atoms with Gasteiger partial charge in [0.15, 0.2) is 0 Å². The number of halogens is 2. The van der Waals surface area contributed by atoms with Gasteiger partial charge in [0.2, 0.25) is 5.91 Å². The van der Waals surface area contributed by atoms with Crippen LogP contribution < -0.4 is 21.7 Å². The Labute approximate surface area is 357 Å². The van der Waals surface area contributed by atoms with E-state index in [0.29, 0.717) is 76.5 Å². The maximum atomic E-state index is 14.0. The zero-order chi connectivity index (χ0) is 43.4. The molecule has 0 radical (unpaired) electrons. The van der Waals surface area contributed by atoms with E-state index in [1.807, 2.05) is 6.07 Å². The molecule has 1 unspecified atom stereocenters. The summed E-state index contributed by atoms with van der Waals surface area (Å²) in [6, 6.07) is 41.0. The van der Waals surface area contributed by atoms with Gasteiger partial charge in [-0.2, -0.15) is 10.5 Å². The van der Waals surface area contributed by atoms with E-state index < -0.39 is 17.7 Å². The lowest BCUT2D eigenvalue weighted by Crippen LogP contribution is -2.29. The number of nitriles is 2. The maximum Gasteiger partial charge on any atom is 0.255 e. The Morgan fingerprint density at radius 3 is 1.81 bits per heavy atom. The van der Waals surface area contributed by atoms with Crippen molar-refractivity contribution >= 4 is 23.5 Å². The van der Waals surface area contributed by atoms with Crippen molar-refractivity contribution < 1.29 is 18.4 Å². The van der Waals surface area contributed by atoms with E-state index in [4.69, 9.17) is 15.7 Å². The van der Waals surface area contributed by atoms with Crippen LogP contribution in [0.4, 0.5) is 20.4 Å². The van der Waals surface area contributed by atoms with E-state index in [2.05, 4.69) is 33.1 Å². The first kappa shape index (κ1) is 41.9. The van der Waals surface area contributed by atoms with Crippen molar-refractivity contribution in [1.82, 2.24) is 20.3 Å². The van der Waals surface area contributed by atoms with E-state index in [-0.39, 0.29) is 35.3 Å². The van der Waals surface area contributed by atoms with Gasteiger partial charge < -0.3 is 21.7 Å². The van der Waals surface area contributed by atoms with E-state index in [0.717, 1.165) is 11.1 Å². The van der Waals surface area contributed by atoms with Crippen LogP contribution in [0.1, 0.15) is 55.4 Å². The summed E-state index contributed by atoms with van der Waals surface area (Å²) in [4.78, 5) is 41.8. The Morgan fingerprint density at radius 1 is 0.661 bits per heavy atom. The number of carbonyl (C=O) groups is 2. The normalized spacial score (nSPS) is 11.2. The van der Waals surface area contributed by atoms with Crippen molar-refractivity contribution in [2.75, 3.05) is 23.7 Å². The Kier molecular flexibility index (Phi) is 13.3. The number of rotatable bonds is 16. The fraction of sp³-hybridized carbons (Fsp3) is 0.122. The smallest absolute Gasteiger partial charge is 0.255 e. The standard InChI is InChI=1S/C49H39F2N9O2/c50-36-13-5-8-31(26-36)21-24-56-47-40(17-19-42(59-47)38-15-3-1-10-33(38)28-52)44(46(54)61)45-35(12-7-23-55-45)30-58-49(62)41-18-20-43(39-16-4-2-11-34(39)29-53)60-48(41)57-25-22-32-9-6-14-37(51)27-32/h1-20,23,26-27,44H,21-22,24-25,30H2,(H2,54,61)(H,56,59)(H,57,60)(H,58,62). The van der Waals surface area contributed by atoms with E-state index in [1.54, 1.807) is 103 Å². The number of nitrogens with zero attached hydrogens (tertiary/aromatic N) is 5. The predicted molar refractivity (Wildman–Crippen MR) is 232 cm³/mol. The number of primary amides is 1. The minimum absolute atomic E-state index is 0.0586. The van der Waals surface area contributed by atoms with Crippen LogP contribution in [0.25, 0.3) is 22.5 Å². The number of anilines is 2. The van der Waals surface area contributed by atoms with Crippen LogP contribution in [0.2, 0.25) is 0 Å². The molecule has 2 amide bonds.